The van der Waals surface area contributed by atoms with Gasteiger partial charge in [0.05, 0.1) is 24.5 Å². The number of Topliss-reactive ketones (excluding diaryl/α,β-unsaturated/α-hetero) is 1. The smallest absolute Gasteiger partial charge is 0.362 e. The summed E-state index contributed by atoms with van der Waals surface area (Å²) < 4.78 is 40.3. The monoisotopic (exact) mass is 690 g/mol. The minimum atomic E-state index is -4.94. The molecule has 19 nitrogen and oxygen atoms in total. The molecule has 4 atom stereocenters. The Morgan fingerprint density at radius 2 is 2.02 bits per heavy atom. The van der Waals surface area contributed by atoms with Crippen LogP contribution in [0.25, 0.3) is 0 Å². The van der Waals surface area contributed by atoms with Crippen molar-refractivity contribution in [1.29, 1.82) is 0 Å². The highest BCUT2D eigenvalue weighted by Crippen LogP contribution is 2.33. The van der Waals surface area contributed by atoms with Crippen molar-refractivity contribution < 1.29 is 42.0 Å². The average molecular weight is 691 g/mol. The Kier molecular flexibility index (Phi) is 10.1. The van der Waals surface area contributed by atoms with E-state index in [1.807, 2.05) is 0 Å². The molecule has 2 fully saturated rings. The number of carboxylic acids is 1. The molecule has 0 spiro atoms. The number of hydrogen-bond acceptors (Lipinski definition) is 15. The zero-order chi connectivity index (χ0) is 33.7. The van der Waals surface area contributed by atoms with Crippen LogP contribution in [0.4, 0.5) is 5.13 Å². The van der Waals surface area contributed by atoms with Crippen LogP contribution in [0.1, 0.15) is 24.1 Å². The number of aromatic nitrogens is 4. The van der Waals surface area contributed by atoms with Crippen LogP contribution in [-0.2, 0) is 36.1 Å². The fourth-order valence-electron chi connectivity index (χ4n) is 4.91. The number of thiazole rings is 1. The molecule has 4 heterocycles. The van der Waals surface area contributed by atoms with E-state index < -0.39 is 64.8 Å². The molecule has 0 radical (unpaired) electrons. The van der Waals surface area contributed by atoms with Gasteiger partial charge in [-0.3, -0.25) is 23.8 Å². The summed E-state index contributed by atoms with van der Waals surface area (Å²) in [5.74, 6) is -3.87. The number of nitrogens with two attached hydrogens (primary N) is 2. The van der Waals surface area contributed by atoms with Crippen LogP contribution in [0.3, 0.4) is 0 Å². The Morgan fingerprint density at radius 3 is 2.62 bits per heavy atom. The number of nitrogens with zero attached hydrogens (tertiary/aromatic N) is 7. The predicted molar refractivity (Wildman–Crippen MR) is 165 cm³/mol. The van der Waals surface area contributed by atoms with Gasteiger partial charge in [0.25, 0.3) is 6.10 Å². The van der Waals surface area contributed by atoms with E-state index >= 15 is 0 Å². The van der Waals surface area contributed by atoms with Crippen molar-refractivity contribution in [3.05, 3.63) is 53.6 Å². The largest absolute Gasteiger partial charge is 0.489 e. The number of rotatable bonds is 15. The first-order valence-corrected chi connectivity index (χ1v) is 16.3. The number of carbonyl (C=O) groups is 3. The number of aliphatic imine (C=N–C) groups is 1. The van der Waals surface area contributed by atoms with E-state index in [9.17, 15) is 32.5 Å². The Bertz CT molecular complexity index is 1770. The first kappa shape index (κ1) is 33.4. The number of aliphatic carboxylic acids is 1. The van der Waals surface area contributed by atoms with Gasteiger partial charge in [-0.05, 0) is 37.2 Å². The normalized spacial score (nSPS) is 20.9. The van der Waals surface area contributed by atoms with Crippen molar-refractivity contribution in [3.63, 3.8) is 0 Å². The lowest BCUT2D eigenvalue weighted by Crippen LogP contribution is -2.64. The minimum absolute atomic E-state index is 0.0583. The number of amidine groups is 1. The van der Waals surface area contributed by atoms with Gasteiger partial charge in [0.1, 0.15) is 36.5 Å². The summed E-state index contributed by atoms with van der Waals surface area (Å²) in [7, 11) is -4.94. The molecule has 0 saturated carbocycles. The number of β-lactam (4-membered cyclic amide) rings is 1. The second kappa shape index (κ2) is 14.2. The van der Waals surface area contributed by atoms with Crippen molar-refractivity contribution >= 4 is 56.0 Å². The first-order chi connectivity index (χ1) is 22.4. The summed E-state index contributed by atoms with van der Waals surface area (Å²) in [6.45, 7) is 0.910. The fraction of sp³-hybridized carbons (Fsp3) is 0.385. The van der Waals surface area contributed by atoms with Crippen molar-refractivity contribution in [3.8, 4) is 5.75 Å². The van der Waals surface area contributed by atoms with E-state index in [0.29, 0.717) is 17.1 Å². The van der Waals surface area contributed by atoms with E-state index in [0.717, 1.165) is 30.8 Å². The van der Waals surface area contributed by atoms with Crippen LogP contribution >= 0.6 is 11.3 Å². The summed E-state index contributed by atoms with van der Waals surface area (Å²) >= 11 is 0.967. The zero-order valence-electron chi connectivity index (χ0n) is 24.4. The lowest BCUT2D eigenvalue weighted by atomic mass is 9.84. The molecule has 1 aromatic carbocycles. The molecular formula is C26H30N10O9S2. The van der Waals surface area contributed by atoms with Crippen LogP contribution in [-0.4, -0.2) is 109 Å². The Labute approximate surface area is 271 Å². The number of ketones is 1. The summed E-state index contributed by atoms with van der Waals surface area (Å²) in [5.41, 5.74) is 12.0. The van der Waals surface area contributed by atoms with Gasteiger partial charge in [0.15, 0.2) is 16.6 Å². The summed E-state index contributed by atoms with van der Waals surface area (Å²) in [5, 5.41) is 22.0. The number of carbonyl (C=O) groups excluding carboxylic acids is 2. The van der Waals surface area contributed by atoms with Gasteiger partial charge in [0.2, 0.25) is 5.91 Å². The maximum atomic E-state index is 13.5. The first-order valence-electron chi connectivity index (χ1n) is 14.0. The van der Waals surface area contributed by atoms with Gasteiger partial charge in [-0.25, -0.2) is 19.1 Å². The van der Waals surface area contributed by atoms with Crippen LogP contribution < -0.4 is 21.5 Å². The van der Waals surface area contributed by atoms with E-state index in [1.165, 1.54) is 22.7 Å². The van der Waals surface area contributed by atoms with Crippen molar-refractivity contribution in [2.75, 3.05) is 25.4 Å². The second-order valence-corrected chi connectivity index (χ2v) is 12.6. The van der Waals surface area contributed by atoms with Crippen molar-refractivity contribution in [2.45, 2.75) is 37.6 Å². The standard InChI is InChI=1S/C26H30N10O9S2/c27-23(32-15-5-6-29-8-15)14-1-3-16(4-2-14)44-10-21(25(39)40)45-34-22(18-11-46-26(28)33-18)20(37)7-17-19(9-35-13-30-12-31-35)36(24(17)38)47(41,42)43/h1-4,11-13,15,17,19,21,29H,5-10H2,(H2,27,32)(H2,28,33)(H,39,40)(H,41,42,43)/b34-22-/t15-,17+,19-,21+/m1/s1. The quantitative estimate of drug-likeness (QED) is 0.0417. The zero-order valence-corrected chi connectivity index (χ0v) is 26.1. The molecule has 0 unspecified atom stereocenters. The Balaban J connectivity index is 1.28. The highest BCUT2D eigenvalue weighted by atomic mass is 32.2. The van der Waals surface area contributed by atoms with Gasteiger partial charge >= 0.3 is 16.3 Å². The third-order valence-corrected chi connectivity index (χ3v) is 8.90. The van der Waals surface area contributed by atoms with Crippen molar-refractivity contribution in [2.24, 2.45) is 21.8 Å². The Morgan fingerprint density at radius 1 is 1.26 bits per heavy atom. The maximum absolute atomic E-state index is 13.5. The third kappa shape index (κ3) is 8.06. The topological polar surface area (TPSA) is 280 Å². The minimum Gasteiger partial charge on any atom is -0.489 e. The summed E-state index contributed by atoms with van der Waals surface area (Å²) in [6, 6.07) is 5.44. The van der Waals surface area contributed by atoms with Crippen LogP contribution in [0.5, 0.6) is 5.75 Å². The summed E-state index contributed by atoms with van der Waals surface area (Å²) in [6.07, 6.45) is 1.07. The van der Waals surface area contributed by atoms with Gasteiger partial charge in [0, 0.05) is 23.9 Å². The molecule has 0 aliphatic carbocycles. The molecule has 250 valence electrons. The number of amides is 1. The molecule has 47 heavy (non-hydrogen) atoms. The number of anilines is 1. The number of ether oxygens (including phenoxy) is 1. The number of hydrogen-bond donors (Lipinski definition) is 5. The van der Waals surface area contributed by atoms with Crippen LogP contribution in [0.15, 0.2) is 52.4 Å². The second-order valence-electron chi connectivity index (χ2n) is 10.5. The number of nitrogens with one attached hydrogen (secondary N) is 1. The van der Waals surface area contributed by atoms with E-state index in [1.54, 1.807) is 24.3 Å². The van der Waals surface area contributed by atoms with E-state index in [4.69, 9.17) is 21.0 Å². The van der Waals surface area contributed by atoms with Crippen LogP contribution in [0, 0.1) is 5.92 Å². The lowest BCUT2D eigenvalue weighted by Gasteiger charge is -2.43. The average Bonchev–Trinajstić information content (AvgIpc) is 3.81. The molecular weight excluding hydrogens is 660 g/mol. The van der Waals surface area contributed by atoms with Gasteiger partial charge in [-0.15, -0.1) is 11.3 Å². The van der Waals surface area contributed by atoms with Gasteiger partial charge in [-0.1, -0.05) is 5.16 Å². The summed E-state index contributed by atoms with van der Waals surface area (Å²) in [4.78, 5) is 55.7. The molecule has 2 aliphatic rings. The van der Waals surface area contributed by atoms with E-state index in [2.05, 4.69) is 30.5 Å². The number of carboxylic acid groups (broad SMARTS) is 1. The Hall–Kier alpha value is -4.99. The maximum Gasteiger partial charge on any atom is 0.362 e. The fourth-order valence-corrected chi connectivity index (χ4v) is 6.38. The molecule has 0 bridgehead atoms. The highest BCUT2D eigenvalue weighted by Gasteiger charge is 2.54. The van der Waals surface area contributed by atoms with Gasteiger partial charge in [-0.2, -0.15) is 13.5 Å². The van der Waals surface area contributed by atoms with Crippen molar-refractivity contribution in [1.82, 2.24) is 29.4 Å². The molecule has 3 aromatic rings. The van der Waals surface area contributed by atoms with Gasteiger partial charge < -0.3 is 31.5 Å². The number of benzene rings is 1. The highest BCUT2D eigenvalue weighted by molar-refractivity contribution is 7.84. The number of nitrogen functional groups attached to an aromatic ring is 1. The molecule has 1 amide bonds. The lowest BCUT2D eigenvalue weighted by molar-refractivity contribution is -0.152. The molecule has 5 rings (SSSR count). The number of oxime groups is 1. The SMILES string of the molecule is NC(=N[C@@H]1CCNC1)c1ccc(OC[C@H](O/N=C(\C(=O)C[C@@H]2C(=O)N(S(=O)(=O)O)[C@@H]2Cn2cncn2)c2csc(N)n2)C(=O)O)cc1. The third-order valence-electron chi connectivity index (χ3n) is 7.28. The molecule has 2 saturated heterocycles. The van der Waals surface area contributed by atoms with E-state index in [-0.39, 0.29) is 27.7 Å². The molecule has 2 aromatic heterocycles. The molecule has 7 N–H and O–H groups in total. The predicted octanol–water partition coefficient (Wildman–Crippen LogP) is -1.07. The van der Waals surface area contributed by atoms with Crippen LogP contribution in [0.2, 0.25) is 0 Å². The molecule has 21 heteroatoms. The molecule has 2 aliphatic heterocycles.